The van der Waals surface area contributed by atoms with Crippen LogP contribution in [0, 0.1) is 5.82 Å². The number of halogens is 1. The number of aromatic carboxylic acids is 1. The second-order valence-electron chi connectivity index (χ2n) is 3.88. The van der Waals surface area contributed by atoms with Crippen molar-refractivity contribution in [1.29, 1.82) is 0 Å². The normalized spacial score (nSPS) is 13.3. The van der Waals surface area contributed by atoms with Crippen molar-refractivity contribution in [1.82, 2.24) is 4.72 Å². The molecule has 1 aromatic rings. The lowest BCUT2D eigenvalue weighted by Gasteiger charge is -2.12. The van der Waals surface area contributed by atoms with Crippen molar-refractivity contribution in [3.8, 4) is 0 Å². The highest BCUT2D eigenvalue weighted by atomic mass is 32.2. The number of hydrogen-bond acceptors (Lipinski definition) is 3. The lowest BCUT2D eigenvalue weighted by atomic mass is 10.2. The summed E-state index contributed by atoms with van der Waals surface area (Å²) in [4.78, 5) is 10.5. The van der Waals surface area contributed by atoms with Crippen molar-refractivity contribution < 1.29 is 22.7 Å². The molecule has 0 aliphatic carbocycles. The third-order valence-electron chi connectivity index (χ3n) is 2.45. The van der Waals surface area contributed by atoms with Crippen LogP contribution in [0.2, 0.25) is 0 Å². The quantitative estimate of drug-likeness (QED) is 0.855. The minimum Gasteiger partial charge on any atom is -0.478 e. The van der Waals surface area contributed by atoms with Crippen molar-refractivity contribution >= 4 is 16.0 Å². The Morgan fingerprint density at radius 1 is 1.50 bits per heavy atom. The lowest BCUT2D eigenvalue weighted by Crippen LogP contribution is -2.32. The largest absolute Gasteiger partial charge is 0.478 e. The van der Waals surface area contributed by atoms with E-state index in [2.05, 4.69) is 4.72 Å². The number of nitrogens with one attached hydrogen (secondary N) is 1. The predicted octanol–water partition coefficient (Wildman–Crippen LogP) is 1.60. The maximum absolute atomic E-state index is 13.1. The molecular weight excluding hydrogens is 261 g/mol. The standard InChI is InChI=1S/C11H14FNO4S/c1-3-7(2)13-18(16,17)8-4-5-10(12)9(6-8)11(14)15/h4-7,13H,3H2,1-2H3,(H,14,15). The average Bonchev–Trinajstić information content (AvgIpc) is 2.28. The van der Waals surface area contributed by atoms with Gasteiger partial charge in [-0.25, -0.2) is 22.3 Å². The minimum atomic E-state index is -3.82. The van der Waals surface area contributed by atoms with Crippen molar-refractivity contribution in [2.75, 3.05) is 0 Å². The Labute approximate surface area is 105 Å². The smallest absolute Gasteiger partial charge is 0.338 e. The Kier molecular flexibility index (Phi) is 4.42. The molecule has 18 heavy (non-hydrogen) atoms. The van der Waals surface area contributed by atoms with E-state index in [1.807, 2.05) is 0 Å². The predicted molar refractivity (Wildman–Crippen MR) is 63.4 cm³/mol. The first-order chi connectivity index (χ1) is 8.27. The molecule has 2 N–H and O–H groups in total. The van der Waals surface area contributed by atoms with E-state index < -0.39 is 27.4 Å². The summed E-state index contributed by atoms with van der Waals surface area (Å²) >= 11 is 0. The van der Waals surface area contributed by atoms with Gasteiger partial charge in [0.1, 0.15) is 5.82 Å². The number of rotatable bonds is 5. The van der Waals surface area contributed by atoms with Gasteiger partial charge >= 0.3 is 5.97 Å². The van der Waals surface area contributed by atoms with E-state index in [1.54, 1.807) is 13.8 Å². The average molecular weight is 275 g/mol. The SMILES string of the molecule is CCC(C)NS(=O)(=O)c1ccc(F)c(C(=O)O)c1. The molecule has 0 aliphatic heterocycles. The van der Waals surface area contributed by atoms with Crippen LogP contribution < -0.4 is 4.72 Å². The Balaban J connectivity index is 3.18. The fraction of sp³-hybridized carbons (Fsp3) is 0.364. The van der Waals surface area contributed by atoms with Crippen molar-refractivity contribution in [2.45, 2.75) is 31.2 Å². The summed E-state index contributed by atoms with van der Waals surface area (Å²) in [7, 11) is -3.82. The van der Waals surface area contributed by atoms with Crippen LogP contribution in [0.3, 0.4) is 0 Å². The zero-order valence-corrected chi connectivity index (χ0v) is 10.8. The fourth-order valence-electron chi connectivity index (χ4n) is 1.25. The molecule has 1 rings (SSSR count). The highest BCUT2D eigenvalue weighted by molar-refractivity contribution is 7.89. The van der Waals surface area contributed by atoms with Crippen LogP contribution in [0.15, 0.2) is 23.1 Å². The Hall–Kier alpha value is -1.47. The molecule has 0 amide bonds. The first-order valence-corrected chi connectivity index (χ1v) is 6.81. The second-order valence-corrected chi connectivity index (χ2v) is 5.59. The molecule has 0 aliphatic rings. The van der Waals surface area contributed by atoms with Crippen molar-refractivity contribution in [2.24, 2.45) is 0 Å². The van der Waals surface area contributed by atoms with Gasteiger partial charge in [-0.15, -0.1) is 0 Å². The molecule has 0 saturated carbocycles. The van der Waals surface area contributed by atoms with Gasteiger partial charge in [-0.1, -0.05) is 6.92 Å². The molecular formula is C11H14FNO4S. The van der Waals surface area contributed by atoms with Gasteiger partial charge in [-0.2, -0.15) is 0 Å². The molecule has 1 atom stereocenters. The van der Waals surface area contributed by atoms with Crippen LogP contribution in [-0.4, -0.2) is 25.5 Å². The van der Waals surface area contributed by atoms with Crippen LogP contribution in [-0.2, 0) is 10.0 Å². The lowest BCUT2D eigenvalue weighted by molar-refractivity contribution is 0.0691. The van der Waals surface area contributed by atoms with Gasteiger partial charge in [0, 0.05) is 6.04 Å². The first kappa shape index (κ1) is 14.6. The molecule has 100 valence electrons. The molecule has 0 saturated heterocycles. The molecule has 0 fully saturated rings. The fourth-order valence-corrected chi connectivity index (χ4v) is 2.60. The van der Waals surface area contributed by atoms with Gasteiger partial charge in [0.15, 0.2) is 0 Å². The number of carboxylic acids is 1. The molecule has 5 nitrogen and oxygen atoms in total. The van der Waals surface area contributed by atoms with E-state index in [4.69, 9.17) is 5.11 Å². The monoisotopic (exact) mass is 275 g/mol. The molecule has 0 heterocycles. The molecule has 1 unspecified atom stereocenters. The van der Waals surface area contributed by atoms with Crippen LogP contribution >= 0.6 is 0 Å². The molecule has 0 radical (unpaired) electrons. The summed E-state index contributed by atoms with van der Waals surface area (Å²) in [6, 6.07) is 2.39. The van der Waals surface area contributed by atoms with Gasteiger partial charge in [-0.05, 0) is 31.5 Å². The van der Waals surface area contributed by atoms with E-state index in [9.17, 15) is 17.6 Å². The van der Waals surface area contributed by atoms with Crippen molar-refractivity contribution in [3.05, 3.63) is 29.6 Å². The Morgan fingerprint density at radius 2 is 2.11 bits per heavy atom. The molecule has 0 spiro atoms. The van der Waals surface area contributed by atoms with Crippen LogP contribution in [0.4, 0.5) is 4.39 Å². The highest BCUT2D eigenvalue weighted by Crippen LogP contribution is 2.15. The summed E-state index contributed by atoms with van der Waals surface area (Å²) in [6.45, 7) is 3.49. The van der Waals surface area contributed by atoms with Crippen LogP contribution in [0.5, 0.6) is 0 Å². The summed E-state index contributed by atoms with van der Waals surface area (Å²) in [5.41, 5.74) is -0.665. The van der Waals surface area contributed by atoms with E-state index in [0.717, 1.165) is 18.2 Å². The van der Waals surface area contributed by atoms with Crippen LogP contribution in [0.25, 0.3) is 0 Å². The summed E-state index contributed by atoms with van der Waals surface area (Å²) < 4.78 is 39.2. The van der Waals surface area contributed by atoms with Crippen molar-refractivity contribution in [3.63, 3.8) is 0 Å². The molecule has 1 aromatic carbocycles. The first-order valence-electron chi connectivity index (χ1n) is 5.33. The minimum absolute atomic E-state index is 0.262. The van der Waals surface area contributed by atoms with Gasteiger partial charge in [0.25, 0.3) is 0 Å². The third kappa shape index (κ3) is 3.27. The van der Waals surface area contributed by atoms with Crippen LogP contribution in [0.1, 0.15) is 30.6 Å². The maximum atomic E-state index is 13.1. The number of carbonyl (C=O) groups is 1. The zero-order valence-electron chi connectivity index (χ0n) is 9.97. The van der Waals surface area contributed by atoms with E-state index in [1.165, 1.54) is 0 Å². The van der Waals surface area contributed by atoms with Gasteiger partial charge in [-0.3, -0.25) is 0 Å². The number of carboxylic acid groups (broad SMARTS) is 1. The van der Waals surface area contributed by atoms with E-state index >= 15 is 0 Å². The number of sulfonamides is 1. The second kappa shape index (κ2) is 5.45. The Morgan fingerprint density at radius 3 is 2.61 bits per heavy atom. The summed E-state index contributed by atoms with van der Waals surface area (Å²) in [6.07, 6.45) is 0.589. The number of benzene rings is 1. The van der Waals surface area contributed by atoms with E-state index in [-0.39, 0.29) is 10.9 Å². The Bertz CT molecular complexity index is 556. The molecule has 0 bridgehead atoms. The third-order valence-corrected chi connectivity index (χ3v) is 4.03. The summed E-state index contributed by atoms with van der Waals surface area (Å²) in [5, 5.41) is 8.73. The van der Waals surface area contributed by atoms with E-state index in [0.29, 0.717) is 6.42 Å². The highest BCUT2D eigenvalue weighted by Gasteiger charge is 2.20. The summed E-state index contributed by atoms with van der Waals surface area (Å²) in [5.74, 6) is -2.47. The maximum Gasteiger partial charge on any atom is 0.338 e. The topological polar surface area (TPSA) is 83.5 Å². The molecule has 0 aromatic heterocycles. The van der Waals surface area contributed by atoms with Gasteiger partial charge in [0.2, 0.25) is 10.0 Å². The molecule has 7 heteroatoms. The van der Waals surface area contributed by atoms with Gasteiger partial charge in [0.05, 0.1) is 10.5 Å². The zero-order chi connectivity index (χ0) is 13.9. The van der Waals surface area contributed by atoms with Gasteiger partial charge < -0.3 is 5.11 Å². The number of hydrogen-bond donors (Lipinski definition) is 2.